The average Bonchev–Trinajstić information content (AvgIpc) is 2.99. The van der Waals surface area contributed by atoms with Gasteiger partial charge in [-0.25, -0.2) is 0 Å². The van der Waals surface area contributed by atoms with Gasteiger partial charge in [-0.3, -0.25) is 0 Å². The van der Waals surface area contributed by atoms with Crippen LogP contribution in [-0.4, -0.2) is 48.1 Å². The highest BCUT2D eigenvalue weighted by Crippen LogP contribution is 2.36. The van der Waals surface area contributed by atoms with Crippen LogP contribution >= 0.6 is 0 Å². The molecule has 8 nitrogen and oxygen atoms in total. The second-order valence-electron chi connectivity index (χ2n) is 6.45. The SMILES string of the molecule is O=C([O-])C[C@H]([NH2+]C[C@@H](O)CON=C1c2ccccc2-c2ccccc21)C(=O)[O-]. The number of fused-ring (bicyclic) bond motifs is 3. The van der Waals surface area contributed by atoms with Crippen LogP contribution < -0.4 is 15.5 Å². The Morgan fingerprint density at radius 3 is 2.04 bits per heavy atom. The Hall–Kier alpha value is -3.23. The number of hydrogen-bond donors (Lipinski definition) is 2. The topological polar surface area (TPSA) is 139 Å². The van der Waals surface area contributed by atoms with Crippen molar-refractivity contribution in [1.82, 2.24) is 0 Å². The van der Waals surface area contributed by atoms with Crippen LogP contribution in [0.5, 0.6) is 0 Å². The number of nitrogens with zero attached hydrogens (tertiary/aromatic N) is 1. The van der Waals surface area contributed by atoms with Gasteiger partial charge in [-0.1, -0.05) is 53.7 Å². The number of aliphatic hydroxyl groups is 1. The molecular formula is C20H19N2O6-. The largest absolute Gasteiger partial charge is 0.550 e. The minimum atomic E-state index is -1.53. The summed E-state index contributed by atoms with van der Waals surface area (Å²) in [5.74, 6) is -3.03. The van der Waals surface area contributed by atoms with Crippen molar-refractivity contribution < 1.29 is 35.1 Å². The lowest BCUT2D eigenvalue weighted by Crippen LogP contribution is -2.95. The van der Waals surface area contributed by atoms with E-state index in [9.17, 15) is 24.9 Å². The summed E-state index contributed by atoms with van der Waals surface area (Å²) >= 11 is 0. The molecule has 0 heterocycles. The van der Waals surface area contributed by atoms with E-state index in [1.54, 1.807) is 0 Å². The molecule has 0 radical (unpaired) electrons. The summed E-state index contributed by atoms with van der Waals surface area (Å²) < 4.78 is 0. The normalized spacial score (nSPS) is 14.0. The first kappa shape index (κ1) is 19.5. The van der Waals surface area contributed by atoms with E-state index in [4.69, 9.17) is 4.84 Å². The Balaban J connectivity index is 1.62. The predicted octanol–water partition coefficient (Wildman–Crippen LogP) is -2.38. The zero-order chi connectivity index (χ0) is 20.1. The lowest BCUT2D eigenvalue weighted by Gasteiger charge is -2.18. The number of nitrogens with two attached hydrogens (primary N) is 1. The molecular weight excluding hydrogens is 364 g/mol. The van der Waals surface area contributed by atoms with Gasteiger partial charge in [0, 0.05) is 23.5 Å². The lowest BCUT2D eigenvalue weighted by molar-refractivity contribution is -0.688. The van der Waals surface area contributed by atoms with Gasteiger partial charge in [-0.15, -0.1) is 0 Å². The van der Waals surface area contributed by atoms with Gasteiger partial charge >= 0.3 is 0 Å². The molecule has 0 bridgehead atoms. The molecule has 0 saturated heterocycles. The number of carbonyl (C=O) groups is 2. The van der Waals surface area contributed by atoms with Gasteiger partial charge in [0.1, 0.15) is 31.0 Å². The molecule has 2 atom stereocenters. The van der Waals surface area contributed by atoms with Gasteiger partial charge < -0.3 is 35.1 Å². The summed E-state index contributed by atoms with van der Waals surface area (Å²) in [5.41, 5.74) is 4.61. The first-order valence-corrected chi connectivity index (χ1v) is 8.78. The molecule has 8 heteroatoms. The molecule has 3 N–H and O–H groups in total. The maximum absolute atomic E-state index is 10.9. The summed E-state index contributed by atoms with van der Waals surface area (Å²) in [6, 6.07) is 14.2. The molecule has 0 fully saturated rings. The van der Waals surface area contributed by atoms with E-state index >= 15 is 0 Å². The summed E-state index contributed by atoms with van der Waals surface area (Å²) in [6.45, 7) is -0.251. The molecule has 3 rings (SSSR count). The number of carboxylic acid groups (broad SMARTS) is 2. The van der Waals surface area contributed by atoms with Gasteiger partial charge in [0.05, 0.1) is 5.97 Å². The smallest absolute Gasteiger partial charge is 0.148 e. The Kier molecular flexibility index (Phi) is 6.03. The maximum atomic E-state index is 10.9. The third-order valence-electron chi connectivity index (χ3n) is 4.46. The highest BCUT2D eigenvalue weighted by atomic mass is 16.6. The molecule has 0 unspecified atom stereocenters. The Morgan fingerprint density at radius 1 is 1.00 bits per heavy atom. The number of oxime groups is 1. The first-order chi connectivity index (χ1) is 13.5. The second-order valence-corrected chi connectivity index (χ2v) is 6.45. The van der Waals surface area contributed by atoms with Crippen LogP contribution in [0.1, 0.15) is 17.5 Å². The molecule has 0 saturated carbocycles. The number of benzene rings is 2. The fourth-order valence-electron chi connectivity index (χ4n) is 3.11. The van der Waals surface area contributed by atoms with Crippen LogP contribution in [-0.2, 0) is 14.4 Å². The van der Waals surface area contributed by atoms with Crippen molar-refractivity contribution >= 4 is 17.7 Å². The number of aliphatic hydroxyl groups excluding tert-OH is 1. The number of carbonyl (C=O) groups excluding carboxylic acids is 2. The van der Waals surface area contributed by atoms with Crippen molar-refractivity contribution in [2.45, 2.75) is 18.6 Å². The predicted molar refractivity (Wildman–Crippen MR) is 94.7 cm³/mol. The molecule has 146 valence electrons. The molecule has 2 aromatic carbocycles. The molecule has 1 aliphatic carbocycles. The molecule has 0 aromatic heterocycles. The summed E-state index contributed by atoms with van der Waals surface area (Å²) in [6.07, 6.45) is -1.74. The first-order valence-electron chi connectivity index (χ1n) is 8.78. The van der Waals surface area contributed by atoms with Crippen LogP contribution in [0.15, 0.2) is 53.7 Å². The Bertz CT molecular complexity index is 864. The van der Waals surface area contributed by atoms with E-state index in [0.717, 1.165) is 22.3 Å². The maximum Gasteiger partial charge on any atom is 0.148 e. The van der Waals surface area contributed by atoms with Gasteiger partial charge in [-0.2, -0.15) is 0 Å². The molecule has 0 aliphatic heterocycles. The zero-order valence-electron chi connectivity index (χ0n) is 14.9. The van der Waals surface area contributed by atoms with Crippen molar-refractivity contribution in [3.8, 4) is 11.1 Å². The van der Waals surface area contributed by atoms with E-state index in [0.29, 0.717) is 5.71 Å². The fourth-order valence-corrected chi connectivity index (χ4v) is 3.11. The molecule has 0 amide bonds. The number of aliphatic carboxylic acids is 2. The Morgan fingerprint density at radius 2 is 1.54 bits per heavy atom. The van der Waals surface area contributed by atoms with Crippen molar-refractivity contribution in [1.29, 1.82) is 0 Å². The van der Waals surface area contributed by atoms with Crippen LogP contribution in [0.2, 0.25) is 0 Å². The zero-order valence-corrected chi connectivity index (χ0v) is 14.9. The quantitative estimate of drug-likeness (QED) is 0.396. The van der Waals surface area contributed by atoms with E-state index in [2.05, 4.69) is 5.16 Å². The number of rotatable bonds is 9. The molecule has 28 heavy (non-hydrogen) atoms. The highest BCUT2D eigenvalue weighted by molar-refractivity contribution is 6.24. The monoisotopic (exact) mass is 383 g/mol. The minimum absolute atomic E-state index is 0.0794. The van der Waals surface area contributed by atoms with E-state index in [-0.39, 0.29) is 13.2 Å². The van der Waals surface area contributed by atoms with Crippen molar-refractivity contribution in [3.63, 3.8) is 0 Å². The standard InChI is InChI=1S/C20H20N2O6/c23-12(10-21-17(20(26)27)9-18(24)25)11-28-22-19-15-7-3-1-5-13(15)14-6-2-4-8-16(14)19/h1-8,12,17,21,23H,9-11H2,(H,24,25)(H,26,27)/p-1/t12-,17+/m1/s1. The third kappa shape index (κ3) is 4.36. The number of carboxylic acids is 2. The summed E-state index contributed by atoms with van der Waals surface area (Å²) in [7, 11) is 0. The lowest BCUT2D eigenvalue weighted by atomic mass is 10.1. The van der Waals surface area contributed by atoms with Crippen molar-refractivity contribution in [2.75, 3.05) is 13.2 Å². The van der Waals surface area contributed by atoms with Crippen LogP contribution in [0.25, 0.3) is 11.1 Å². The van der Waals surface area contributed by atoms with Gasteiger partial charge in [0.15, 0.2) is 0 Å². The number of quaternary nitrogens is 1. The molecule has 0 spiro atoms. The van der Waals surface area contributed by atoms with Crippen molar-refractivity contribution in [2.24, 2.45) is 5.16 Å². The van der Waals surface area contributed by atoms with Gasteiger partial charge in [-0.05, 0) is 11.1 Å². The number of hydrogen-bond acceptors (Lipinski definition) is 7. The van der Waals surface area contributed by atoms with E-state index in [1.165, 1.54) is 5.32 Å². The third-order valence-corrected chi connectivity index (χ3v) is 4.46. The van der Waals surface area contributed by atoms with Crippen molar-refractivity contribution in [3.05, 3.63) is 59.7 Å². The van der Waals surface area contributed by atoms with Crippen LogP contribution in [0.3, 0.4) is 0 Å². The van der Waals surface area contributed by atoms with E-state index < -0.39 is 30.5 Å². The Labute approximate surface area is 161 Å². The summed E-state index contributed by atoms with van der Waals surface area (Å²) in [5, 5.41) is 36.8. The summed E-state index contributed by atoms with van der Waals surface area (Å²) in [4.78, 5) is 26.7. The average molecular weight is 383 g/mol. The second kappa shape index (κ2) is 8.64. The van der Waals surface area contributed by atoms with Crippen LogP contribution in [0, 0.1) is 0 Å². The highest BCUT2D eigenvalue weighted by Gasteiger charge is 2.24. The van der Waals surface area contributed by atoms with Gasteiger partial charge in [0.2, 0.25) is 0 Å². The molecule has 2 aromatic rings. The van der Waals surface area contributed by atoms with Crippen LogP contribution in [0.4, 0.5) is 0 Å². The minimum Gasteiger partial charge on any atom is -0.550 e. The molecule has 1 aliphatic rings. The fraction of sp³-hybridized carbons (Fsp3) is 0.250. The van der Waals surface area contributed by atoms with E-state index in [1.807, 2.05) is 48.5 Å². The van der Waals surface area contributed by atoms with Gasteiger partial charge in [0.25, 0.3) is 0 Å².